The molecule has 1 aliphatic rings. The summed E-state index contributed by atoms with van der Waals surface area (Å²) in [6.07, 6.45) is 7.91. The minimum absolute atomic E-state index is 0.0543. The number of allylic oxidation sites excluding steroid dienone is 4. The largest absolute Gasteiger partial charge is 0.436 e. The van der Waals surface area contributed by atoms with Crippen LogP contribution >= 0.6 is 0 Å². The SMILES string of the molecule is CCC1=C(c2cnc(NC(=O)c3c(F)cccc3F)cn2)CC(c2nn(C)c(=O)o2)C=C1. The molecule has 8 nitrogen and oxygen atoms in total. The molecule has 0 aliphatic heterocycles. The molecule has 1 atom stereocenters. The number of benzene rings is 1. The minimum atomic E-state index is -0.967. The fourth-order valence-corrected chi connectivity index (χ4v) is 3.48. The number of aryl methyl sites for hydroxylation is 1. The third-order valence-electron chi connectivity index (χ3n) is 5.14. The highest BCUT2D eigenvalue weighted by atomic mass is 19.1. The molecule has 1 aromatic carbocycles. The highest BCUT2D eigenvalue weighted by molar-refractivity contribution is 6.04. The lowest BCUT2D eigenvalue weighted by molar-refractivity contribution is 0.101. The molecule has 0 bridgehead atoms. The molecule has 32 heavy (non-hydrogen) atoms. The first-order valence-corrected chi connectivity index (χ1v) is 9.89. The Labute approximate surface area is 181 Å². The lowest BCUT2D eigenvalue weighted by atomic mass is 9.87. The van der Waals surface area contributed by atoms with E-state index in [0.717, 1.165) is 34.4 Å². The maximum absolute atomic E-state index is 13.8. The van der Waals surface area contributed by atoms with Crippen LogP contribution in [0.2, 0.25) is 0 Å². The lowest BCUT2D eigenvalue weighted by Crippen LogP contribution is -2.17. The van der Waals surface area contributed by atoms with Crippen LogP contribution in [0.25, 0.3) is 5.57 Å². The molecule has 0 fully saturated rings. The van der Waals surface area contributed by atoms with Gasteiger partial charge >= 0.3 is 5.76 Å². The van der Waals surface area contributed by atoms with Gasteiger partial charge in [0.25, 0.3) is 5.91 Å². The van der Waals surface area contributed by atoms with Gasteiger partial charge in [-0.2, -0.15) is 4.68 Å². The standard InChI is InChI=1S/C22H19F2N5O3/c1-3-12-7-8-13(21-28-29(2)22(31)32-21)9-14(12)17-10-26-18(11-25-17)27-20(30)19-15(23)5-4-6-16(19)24/h4-8,10-11,13H,3,9H2,1-2H3,(H,26,27,30). The summed E-state index contributed by atoms with van der Waals surface area (Å²) in [7, 11) is 1.52. The smallest absolute Gasteiger partial charge is 0.392 e. The summed E-state index contributed by atoms with van der Waals surface area (Å²) in [5.74, 6) is -3.30. The average Bonchev–Trinajstić information content (AvgIpc) is 3.12. The minimum Gasteiger partial charge on any atom is -0.392 e. The third-order valence-corrected chi connectivity index (χ3v) is 5.14. The number of nitrogens with one attached hydrogen (secondary N) is 1. The van der Waals surface area contributed by atoms with Crippen LogP contribution in [0.15, 0.2) is 57.5 Å². The Kier molecular flexibility index (Phi) is 5.76. The first kappa shape index (κ1) is 21.3. The van der Waals surface area contributed by atoms with Crippen LogP contribution in [-0.4, -0.2) is 25.7 Å². The van der Waals surface area contributed by atoms with E-state index in [1.54, 1.807) is 0 Å². The Morgan fingerprint density at radius 1 is 1.25 bits per heavy atom. The molecule has 164 valence electrons. The normalized spacial score (nSPS) is 15.8. The molecule has 1 N–H and O–H groups in total. The summed E-state index contributed by atoms with van der Waals surface area (Å²) >= 11 is 0. The van der Waals surface area contributed by atoms with E-state index in [1.807, 2.05) is 19.1 Å². The summed E-state index contributed by atoms with van der Waals surface area (Å²) in [6, 6.07) is 3.18. The van der Waals surface area contributed by atoms with E-state index in [9.17, 15) is 18.4 Å². The second kappa shape index (κ2) is 8.66. The molecule has 0 spiro atoms. The maximum Gasteiger partial charge on any atom is 0.436 e. The fraction of sp³-hybridized carbons (Fsp3) is 0.227. The number of nitrogens with zero attached hydrogens (tertiary/aromatic N) is 4. The van der Waals surface area contributed by atoms with Crippen molar-refractivity contribution in [1.82, 2.24) is 19.7 Å². The summed E-state index contributed by atoms with van der Waals surface area (Å²) < 4.78 is 34.0. The highest BCUT2D eigenvalue weighted by Gasteiger charge is 2.24. The monoisotopic (exact) mass is 439 g/mol. The molecule has 4 rings (SSSR count). The van der Waals surface area contributed by atoms with Crippen molar-refractivity contribution in [3.8, 4) is 0 Å². The number of hydrogen-bond donors (Lipinski definition) is 1. The van der Waals surface area contributed by atoms with Crippen LogP contribution in [0.3, 0.4) is 0 Å². The molecular weight excluding hydrogens is 420 g/mol. The predicted octanol–water partition coefficient (Wildman–Crippen LogP) is 3.60. The van der Waals surface area contributed by atoms with Gasteiger partial charge in [-0.25, -0.2) is 18.6 Å². The second-order valence-electron chi connectivity index (χ2n) is 7.19. The van der Waals surface area contributed by atoms with Crippen LogP contribution in [0.5, 0.6) is 0 Å². The van der Waals surface area contributed by atoms with Gasteiger partial charge in [0.15, 0.2) is 5.82 Å². The quantitative estimate of drug-likeness (QED) is 0.652. The Hall–Kier alpha value is -3.95. The van der Waals surface area contributed by atoms with Gasteiger partial charge in [-0.1, -0.05) is 25.1 Å². The van der Waals surface area contributed by atoms with Crippen LogP contribution in [-0.2, 0) is 7.05 Å². The molecule has 1 amide bonds. The Morgan fingerprint density at radius 3 is 2.59 bits per heavy atom. The van der Waals surface area contributed by atoms with Gasteiger partial charge in [0.1, 0.15) is 17.2 Å². The number of halogens is 2. The lowest BCUT2D eigenvalue weighted by Gasteiger charge is -2.19. The van der Waals surface area contributed by atoms with Gasteiger partial charge in [0.05, 0.1) is 24.0 Å². The van der Waals surface area contributed by atoms with E-state index in [1.165, 1.54) is 25.5 Å². The second-order valence-corrected chi connectivity index (χ2v) is 7.19. The van der Waals surface area contributed by atoms with E-state index < -0.39 is 28.9 Å². The van der Waals surface area contributed by atoms with Gasteiger partial charge < -0.3 is 9.73 Å². The number of hydrogen-bond acceptors (Lipinski definition) is 6. The van der Waals surface area contributed by atoms with E-state index in [2.05, 4.69) is 20.4 Å². The highest BCUT2D eigenvalue weighted by Crippen LogP contribution is 2.36. The van der Waals surface area contributed by atoms with Gasteiger partial charge in [0.2, 0.25) is 5.89 Å². The first-order valence-electron chi connectivity index (χ1n) is 9.89. The number of amides is 1. The summed E-state index contributed by atoms with van der Waals surface area (Å²) in [5.41, 5.74) is 1.83. The zero-order valence-corrected chi connectivity index (χ0v) is 17.3. The Balaban J connectivity index is 1.55. The molecule has 2 aromatic heterocycles. The van der Waals surface area contributed by atoms with Gasteiger partial charge in [-0.3, -0.25) is 9.78 Å². The maximum atomic E-state index is 13.8. The van der Waals surface area contributed by atoms with Crippen molar-refractivity contribution in [2.24, 2.45) is 7.05 Å². The van der Waals surface area contributed by atoms with Gasteiger partial charge in [-0.05, 0) is 36.1 Å². The molecule has 1 aliphatic carbocycles. The van der Waals surface area contributed by atoms with Crippen molar-refractivity contribution >= 4 is 17.3 Å². The zero-order chi connectivity index (χ0) is 22.8. The molecular formula is C22H19F2N5O3. The number of carbonyl (C=O) groups is 1. The van der Waals surface area contributed by atoms with Crippen LogP contribution in [0, 0.1) is 11.6 Å². The van der Waals surface area contributed by atoms with Crippen LogP contribution < -0.4 is 11.1 Å². The Morgan fingerprint density at radius 2 is 2.00 bits per heavy atom. The van der Waals surface area contributed by atoms with Crippen molar-refractivity contribution in [1.29, 1.82) is 0 Å². The van der Waals surface area contributed by atoms with Crippen LogP contribution in [0.4, 0.5) is 14.6 Å². The van der Waals surface area contributed by atoms with E-state index in [-0.39, 0.29) is 11.7 Å². The molecule has 0 saturated heterocycles. The van der Waals surface area contributed by atoms with E-state index >= 15 is 0 Å². The molecule has 2 heterocycles. The van der Waals surface area contributed by atoms with Crippen LogP contribution in [0.1, 0.15) is 47.6 Å². The zero-order valence-electron chi connectivity index (χ0n) is 17.3. The molecule has 10 heteroatoms. The first-order chi connectivity index (χ1) is 15.4. The molecule has 3 aromatic rings. The topological polar surface area (TPSA) is 103 Å². The molecule has 0 saturated carbocycles. The summed E-state index contributed by atoms with van der Waals surface area (Å²) in [5, 5.41) is 6.48. The molecule has 1 unspecified atom stereocenters. The van der Waals surface area contributed by atoms with Gasteiger partial charge in [0, 0.05) is 7.05 Å². The number of rotatable bonds is 5. The van der Waals surface area contributed by atoms with E-state index in [4.69, 9.17) is 4.42 Å². The van der Waals surface area contributed by atoms with Crippen molar-refractivity contribution in [2.45, 2.75) is 25.7 Å². The van der Waals surface area contributed by atoms with Crippen molar-refractivity contribution < 1.29 is 18.0 Å². The van der Waals surface area contributed by atoms with Crippen molar-refractivity contribution in [3.63, 3.8) is 0 Å². The van der Waals surface area contributed by atoms with E-state index in [0.29, 0.717) is 18.0 Å². The third kappa shape index (κ3) is 4.11. The average molecular weight is 439 g/mol. The number of aromatic nitrogens is 4. The predicted molar refractivity (Wildman–Crippen MR) is 112 cm³/mol. The number of anilines is 1. The number of carbonyl (C=O) groups excluding carboxylic acids is 1. The van der Waals surface area contributed by atoms with Crippen molar-refractivity contribution in [3.05, 3.63) is 87.7 Å². The Bertz CT molecular complexity index is 1270. The molecule has 0 radical (unpaired) electrons. The summed E-state index contributed by atoms with van der Waals surface area (Å²) in [4.78, 5) is 32.4. The fourth-order valence-electron chi connectivity index (χ4n) is 3.48. The van der Waals surface area contributed by atoms with Crippen molar-refractivity contribution in [2.75, 3.05) is 5.32 Å². The summed E-state index contributed by atoms with van der Waals surface area (Å²) in [6.45, 7) is 2.01. The van der Waals surface area contributed by atoms with Gasteiger partial charge in [-0.15, -0.1) is 5.10 Å².